The second-order valence-electron chi connectivity index (χ2n) is 10.9. The van der Waals surface area contributed by atoms with Gasteiger partial charge in [-0.1, -0.05) is 34.4 Å². The number of piperazine rings is 1. The number of carbonyl (C=O) groups excluding carboxylic acids is 2. The Balaban J connectivity index is 0.00000442. The van der Waals surface area contributed by atoms with Gasteiger partial charge in [0.25, 0.3) is 5.91 Å². The molecule has 234 valence electrons. The van der Waals surface area contributed by atoms with E-state index in [0.717, 1.165) is 18.9 Å². The molecule has 1 aromatic heterocycles. The Hall–Kier alpha value is -3.70. The second-order valence-corrected chi connectivity index (χ2v) is 11.7. The molecule has 1 N–H and O–H groups in total. The van der Waals surface area contributed by atoms with Gasteiger partial charge in [0.15, 0.2) is 11.6 Å². The molecule has 0 radical (unpaired) electrons. The summed E-state index contributed by atoms with van der Waals surface area (Å²) in [5, 5.41) is 7.00. The first-order chi connectivity index (χ1) is 20.5. The highest BCUT2D eigenvalue weighted by atomic mass is 35.5. The Bertz CT molecular complexity index is 1710. The fraction of sp³-hybridized carbons (Fsp3) is 0.414. The van der Waals surface area contributed by atoms with Crippen LogP contribution < -0.4 is 20.4 Å². The number of nitrogens with one attached hydrogen (secondary N) is 1. The zero-order valence-corrected chi connectivity index (χ0v) is 26.5. The van der Waals surface area contributed by atoms with Crippen molar-refractivity contribution in [1.29, 1.82) is 0 Å². The lowest BCUT2D eigenvalue weighted by Gasteiger charge is -2.45. The van der Waals surface area contributed by atoms with Crippen molar-refractivity contribution in [3.05, 3.63) is 78.1 Å². The van der Waals surface area contributed by atoms with Crippen LogP contribution in [0.15, 0.2) is 40.4 Å². The molecular weight excluding hydrogens is 636 g/mol. The summed E-state index contributed by atoms with van der Waals surface area (Å²) >= 11 is 12.2. The van der Waals surface area contributed by atoms with Crippen LogP contribution in [0.5, 0.6) is 5.75 Å². The zero-order valence-electron chi connectivity index (χ0n) is 24.2. The minimum Gasteiger partial charge on any atom is -0.492 e. The van der Waals surface area contributed by atoms with Crippen LogP contribution in [0.3, 0.4) is 0 Å². The lowest BCUT2D eigenvalue weighted by atomic mass is 10.0. The Labute approximate surface area is 268 Å². The summed E-state index contributed by atoms with van der Waals surface area (Å²) in [4.78, 5) is 45.7. The van der Waals surface area contributed by atoms with Crippen LogP contribution in [0.25, 0.3) is 21.3 Å². The minimum absolute atomic E-state index is 0. The maximum Gasteiger partial charge on any atom is 0.257 e. The molecular formula is C29H31Cl3FN7O4. The molecule has 2 amide bonds. The Morgan fingerprint density at radius 2 is 1.86 bits per heavy atom. The van der Waals surface area contributed by atoms with Crippen molar-refractivity contribution in [2.45, 2.75) is 51.4 Å². The fourth-order valence-electron chi connectivity index (χ4n) is 5.84. The molecule has 1 saturated carbocycles. The van der Waals surface area contributed by atoms with Gasteiger partial charge in [-0.3, -0.25) is 14.4 Å². The number of aromatic nitrogens is 1. The van der Waals surface area contributed by atoms with Crippen LogP contribution in [-0.2, 0) is 11.3 Å². The monoisotopic (exact) mass is 665 g/mol. The molecule has 15 heteroatoms. The number of rotatable bonds is 8. The highest BCUT2D eigenvalue weighted by molar-refractivity contribution is 6.35. The predicted molar refractivity (Wildman–Crippen MR) is 170 cm³/mol. The number of halogens is 4. The number of azide groups is 1. The Kier molecular flexibility index (Phi) is 10.2. The van der Waals surface area contributed by atoms with Crippen molar-refractivity contribution in [2.75, 3.05) is 31.6 Å². The van der Waals surface area contributed by atoms with Crippen LogP contribution in [-0.4, -0.2) is 60.1 Å². The summed E-state index contributed by atoms with van der Waals surface area (Å²) in [6, 6.07) is 5.44. The molecule has 3 aromatic rings. The number of nitrogens with zero attached hydrogens (tertiary/aromatic N) is 6. The lowest BCUT2D eigenvalue weighted by Crippen LogP contribution is -2.59. The van der Waals surface area contributed by atoms with E-state index >= 15 is 4.39 Å². The average molecular weight is 667 g/mol. The van der Waals surface area contributed by atoms with E-state index in [0.29, 0.717) is 21.1 Å². The highest BCUT2D eigenvalue weighted by Crippen LogP contribution is 2.44. The summed E-state index contributed by atoms with van der Waals surface area (Å²) in [5.74, 6) is -1.41. The van der Waals surface area contributed by atoms with E-state index in [1.807, 2.05) is 18.4 Å². The van der Waals surface area contributed by atoms with Crippen molar-refractivity contribution < 1.29 is 18.7 Å². The SMILES string of the molecule is COc1c(N2CC(C)N(C(=O)CN=[N+]=[N-])C(C)C2)c(F)cc2c(=O)c(C(=O)NCc3ccc(Cl)cc3Cl)cn(C3CC3)c12.Cl. The molecule has 2 fully saturated rings. The molecule has 2 aliphatic rings. The van der Waals surface area contributed by atoms with Gasteiger partial charge in [0, 0.05) is 58.9 Å². The van der Waals surface area contributed by atoms with Crippen molar-refractivity contribution in [2.24, 2.45) is 5.11 Å². The number of anilines is 1. The third kappa shape index (κ3) is 6.39. The van der Waals surface area contributed by atoms with Gasteiger partial charge in [-0.2, -0.15) is 0 Å². The molecule has 5 rings (SSSR count). The van der Waals surface area contributed by atoms with Crippen LogP contribution >= 0.6 is 35.6 Å². The third-order valence-corrected chi connectivity index (χ3v) is 8.42. The standard InChI is InChI=1S/C29H30Cl2FN7O4.ClH/c1-15-12-37(13-16(2)39(15)24(40)11-35-36-33)26-23(32)9-20-25(28(26)43-3)38(19-6-7-19)14-21(27(20)41)29(42)34-10-17-4-5-18(30)8-22(17)31;/h4-5,8-9,14-16,19H,6-7,10-13H2,1-3H3,(H,34,42);1H. The van der Waals surface area contributed by atoms with E-state index in [2.05, 4.69) is 15.3 Å². The van der Waals surface area contributed by atoms with E-state index in [1.54, 1.807) is 28.0 Å². The first kappa shape index (κ1) is 33.2. The number of hydrogen-bond acceptors (Lipinski definition) is 6. The minimum atomic E-state index is -0.678. The fourth-order valence-corrected chi connectivity index (χ4v) is 6.32. The summed E-state index contributed by atoms with van der Waals surface area (Å²) in [6.07, 6.45) is 3.17. The maximum absolute atomic E-state index is 16.0. The Morgan fingerprint density at radius 3 is 2.45 bits per heavy atom. The molecule has 2 heterocycles. The number of carbonyl (C=O) groups is 2. The summed E-state index contributed by atoms with van der Waals surface area (Å²) < 4.78 is 23.6. The molecule has 1 aliphatic carbocycles. The average Bonchev–Trinajstić information content (AvgIpc) is 3.80. The van der Waals surface area contributed by atoms with Gasteiger partial charge in [0.05, 0.1) is 18.0 Å². The molecule has 0 bridgehead atoms. The van der Waals surface area contributed by atoms with E-state index in [-0.39, 0.29) is 85.0 Å². The molecule has 2 aromatic carbocycles. The first-order valence-corrected chi connectivity index (χ1v) is 14.6. The van der Waals surface area contributed by atoms with Gasteiger partial charge < -0.3 is 24.4 Å². The van der Waals surface area contributed by atoms with Crippen molar-refractivity contribution in [1.82, 2.24) is 14.8 Å². The van der Waals surface area contributed by atoms with E-state index < -0.39 is 17.2 Å². The predicted octanol–water partition coefficient (Wildman–Crippen LogP) is 5.88. The number of benzene rings is 2. The van der Waals surface area contributed by atoms with Gasteiger partial charge in [0.1, 0.15) is 17.8 Å². The van der Waals surface area contributed by atoms with E-state index in [9.17, 15) is 14.4 Å². The van der Waals surface area contributed by atoms with Gasteiger partial charge in [-0.05, 0) is 56.0 Å². The number of amides is 2. The number of pyridine rings is 1. The summed E-state index contributed by atoms with van der Waals surface area (Å²) in [7, 11) is 1.42. The molecule has 2 unspecified atom stereocenters. The molecule has 44 heavy (non-hydrogen) atoms. The van der Waals surface area contributed by atoms with E-state index in [4.69, 9.17) is 33.5 Å². The lowest BCUT2D eigenvalue weighted by molar-refractivity contribution is -0.134. The largest absolute Gasteiger partial charge is 0.492 e. The van der Waals surface area contributed by atoms with Crippen LogP contribution in [0.4, 0.5) is 10.1 Å². The quantitative estimate of drug-likeness (QED) is 0.182. The van der Waals surface area contributed by atoms with Gasteiger partial charge in [-0.15, -0.1) is 12.4 Å². The van der Waals surface area contributed by atoms with E-state index in [1.165, 1.54) is 13.3 Å². The molecule has 1 saturated heterocycles. The number of ether oxygens (including phenoxy) is 1. The van der Waals surface area contributed by atoms with Gasteiger partial charge in [0.2, 0.25) is 11.3 Å². The zero-order chi connectivity index (χ0) is 31.0. The highest BCUT2D eigenvalue weighted by Gasteiger charge is 2.36. The van der Waals surface area contributed by atoms with Crippen LogP contribution in [0, 0.1) is 5.82 Å². The molecule has 11 nitrogen and oxygen atoms in total. The number of methoxy groups -OCH3 is 1. The maximum atomic E-state index is 16.0. The molecule has 0 spiro atoms. The van der Waals surface area contributed by atoms with Crippen molar-refractivity contribution in [3.8, 4) is 5.75 Å². The normalized spacial score (nSPS) is 18.0. The van der Waals surface area contributed by atoms with Gasteiger partial charge in [-0.25, -0.2) is 4.39 Å². The topological polar surface area (TPSA) is 133 Å². The second kappa shape index (κ2) is 13.5. The first-order valence-electron chi connectivity index (χ1n) is 13.8. The smallest absolute Gasteiger partial charge is 0.257 e. The van der Waals surface area contributed by atoms with Crippen LogP contribution in [0.1, 0.15) is 48.7 Å². The number of hydrogen-bond donors (Lipinski definition) is 1. The Morgan fingerprint density at radius 1 is 1.18 bits per heavy atom. The van der Waals surface area contributed by atoms with Gasteiger partial charge >= 0.3 is 0 Å². The van der Waals surface area contributed by atoms with Crippen molar-refractivity contribution >= 4 is 64.0 Å². The molecule has 1 aliphatic heterocycles. The van der Waals surface area contributed by atoms with Crippen molar-refractivity contribution in [3.63, 3.8) is 0 Å². The summed E-state index contributed by atoms with van der Waals surface area (Å²) in [5.41, 5.74) is 9.08. The molecule has 2 atom stereocenters. The van der Waals surface area contributed by atoms with Crippen LogP contribution in [0.2, 0.25) is 10.0 Å². The third-order valence-electron chi connectivity index (χ3n) is 7.83. The number of fused-ring (bicyclic) bond motifs is 1. The summed E-state index contributed by atoms with van der Waals surface area (Å²) in [6.45, 7) is 4.02.